The van der Waals surface area contributed by atoms with Crippen LogP contribution in [-0.2, 0) is 11.3 Å². The largest absolute Gasteiger partial charge is 0.496 e. The maximum absolute atomic E-state index is 12.4. The lowest BCUT2D eigenvalue weighted by atomic mass is 9.97. The highest BCUT2D eigenvalue weighted by Gasteiger charge is 2.25. The Morgan fingerprint density at radius 2 is 2.04 bits per heavy atom. The lowest BCUT2D eigenvalue weighted by Crippen LogP contribution is -2.28. The van der Waals surface area contributed by atoms with Crippen LogP contribution in [0, 0.1) is 0 Å². The molecule has 1 aromatic heterocycles. The molecule has 1 aliphatic rings. The molecule has 0 spiro atoms. The molecule has 2 aromatic carbocycles. The predicted molar refractivity (Wildman–Crippen MR) is 104 cm³/mol. The van der Waals surface area contributed by atoms with Gasteiger partial charge in [0.25, 0.3) is 5.91 Å². The molecule has 2 heterocycles. The molecular weight excluding hydrogens is 356 g/mol. The van der Waals surface area contributed by atoms with Gasteiger partial charge in [-0.3, -0.25) is 9.59 Å². The number of benzene rings is 2. The highest BCUT2D eigenvalue weighted by Crippen LogP contribution is 2.29. The summed E-state index contributed by atoms with van der Waals surface area (Å²) in [6.45, 7) is 1.13. The fourth-order valence-corrected chi connectivity index (χ4v) is 3.50. The molecule has 0 radical (unpaired) electrons. The topological polar surface area (TPSA) is 85.0 Å². The van der Waals surface area contributed by atoms with E-state index in [1.807, 2.05) is 42.6 Å². The van der Waals surface area contributed by atoms with Gasteiger partial charge >= 0.3 is 0 Å². The smallest absolute Gasteiger partial charge is 0.295 e. The van der Waals surface area contributed by atoms with Crippen molar-refractivity contribution in [2.45, 2.75) is 19.0 Å². The summed E-state index contributed by atoms with van der Waals surface area (Å²) >= 11 is 0. The number of carbonyl (C=O) groups is 2. The number of methoxy groups -OCH3 is 1. The highest BCUT2D eigenvalue weighted by atomic mass is 16.5. The van der Waals surface area contributed by atoms with Crippen LogP contribution in [0.15, 0.2) is 65.0 Å². The van der Waals surface area contributed by atoms with Crippen LogP contribution in [-0.4, -0.2) is 30.0 Å². The van der Waals surface area contributed by atoms with E-state index in [9.17, 15) is 9.59 Å². The van der Waals surface area contributed by atoms with Crippen molar-refractivity contribution < 1.29 is 14.3 Å². The summed E-state index contributed by atoms with van der Waals surface area (Å²) in [5, 5.41) is 11.6. The number of nitrogens with zero attached hydrogens (tertiary/aromatic N) is 3. The molecule has 3 aromatic rings. The first kappa shape index (κ1) is 17.9. The van der Waals surface area contributed by atoms with Crippen LogP contribution in [0.4, 0.5) is 0 Å². The first-order valence-electron chi connectivity index (χ1n) is 9.10. The number of hydrogen-bond acceptors (Lipinski definition) is 4. The second-order valence-electron chi connectivity index (χ2n) is 6.58. The Labute approximate surface area is 162 Å². The van der Waals surface area contributed by atoms with Crippen LogP contribution < -0.4 is 10.1 Å². The molecule has 0 saturated carbocycles. The average Bonchev–Trinajstić information content (AvgIpc) is 3.13. The van der Waals surface area contributed by atoms with E-state index in [4.69, 9.17) is 4.74 Å². The molecule has 2 amide bonds. The fourth-order valence-electron chi connectivity index (χ4n) is 3.50. The fraction of sp³-hybridized carbons (Fsp3) is 0.238. The molecule has 142 valence electrons. The summed E-state index contributed by atoms with van der Waals surface area (Å²) in [6.07, 6.45) is 2.14. The maximum Gasteiger partial charge on any atom is 0.295 e. The van der Waals surface area contributed by atoms with Crippen LogP contribution in [0.1, 0.15) is 28.4 Å². The molecule has 4 rings (SSSR count). The maximum atomic E-state index is 12.4. The number of hydrogen-bond donors (Lipinski definition) is 1. The van der Waals surface area contributed by atoms with Gasteiger partial charge in [0.15, 0.2) is 0 Å². The Morgan fingerprint density at radius 1 is 1.18 bits per heavy atom. The standard InChI is InChI=1S/C21H20N4O3/c1-28-19-8-4-7-18-16(19)9-11-25(18)12-10-22-20(26)13-17-14-5-2-3-6-15(14)21(27)24-23-17/h2-9,11,17H,10,12-13H2,1H3,(H,22,26). The molecule has 0 aliphatic carbocycles. The summed E-state index contributed by atoms with van der Waals surface area (Å²) in [5.74, 6) is 0.348. The third-order valence-corrected chi connectivity index (χ3v) is 4.89. The van der Waals surface area contributed by atoms with Crippen molar-refractivity contribution in [1.82, 2.24) is 9.88 Å². The second kappa shape index (κ2) is 7.64. The summed E-state index contributed by atoms with van der Waals surface area (Å²) in [7, 11) is 1.65. The van der Waals surface area contributed by atoms with Gasteiger partial charge in [0.05, 0.1) is 19.0 Å². The van der Waals surface area contributed by atoms with Gasteiger partial charge in [-0.15, -0.1) is 5.11 Å². The van der Waals surface area contributed by atoms with Gasteiger partial charge in [0.1, 0.15) is 11.8 Å². The van der Waals surface area contributed by atoms with Crippen molar-refractivity contribution >= 4 is 22.7 Å². The van der Waals surface area contributed by atoms with E-state index in [1.165, 1.54) is 0 Å². The molecular formula is C21H20N4O3. The van der Waals surface area contributed by atoms with E-state index < -0.39 is 6.04 Å². The van der Waals surface area contributed by atoms with Crippen LogP contribution in [0.25, 0.3) is 10.9 Å². The van der Waals surface area contributed by atoms with E-state index >= 15 is 0 Å². The number of rotatable bonds is 6. The average molecular weight is 376 g/mol. The second-order valence-corrected chi connectivity index (χ2v) is 6.58. The first-order valence-corrected chi connectivity index (χ1v) is 9.10. The summed E-state index contributed by atoms with van der Waals surface area (Å²) in [4.78, 5) is 24.2. The third-order valence-electron chi connectivity index (χ3n) is 4.89. The quantitative estimate of drug-likeness (QED) is 0.714. The summed E-state index contributed by atoms with van der Waals surface area (Å²) in [6, 6.07) is 14.6. The normalized spacial score (nSPS) is 15.5. The van der Waals surface area contributed by atoms with Crippen LogP contribution in [0.5, 0.6) is 5.75 Å². The molecule has 1 unspecified atom stereocenters. The molecule has 7 nitrogen and oxygen atoms in total. The Kier molecular flexibility index (Phi) is 4.89. The monoisotopic (exact) mass is 376 g/mol. The van der Waals surface area contributed by atoms with Crippen molar-refractivity contribution in [3.05, 3.63) is 65.9 Å². The van der Waals surface area contributed by atoms with Crippen molar-refractivity contribution in [2.24, 2.45) is 10.2 Å². The van der Waals surface area contributed by atoms with Gasteiger partial charge in [-0.1, -0.05) is 24.3 Å². The zero-order valence-electron chi connectivity index (χ0n) is 15.5. The van der Waals surface area contributed by atoms with Gasteiger partial charge in [0, 0.05) is 30.2 Å². The van der Waals surface area contributed by atoms with E-state index in [0.29, 0.717) is 18.7 Å². The van der Waals surface area contributed by atoms with Crippen molar-refractivity contribution in [3.8, 4) is 5.75 Å². The van der Waals surface area contributed by atoms with Gasteiger partial charge < -0.3 is 14.6 Å². The molecule has 0 bridgehead atoms. The number of amides is 2. The zero-order valence-corrected chi connectivity index (χ0v) is 15.5. The van der Waals surface area contributed by atoms with Gasteiger partial charge in [0.2, 0.25) is 5.91 Å². The van der Waals surface area contributed by atoms with Crippen LogP contribution in [0.2, 0.25) is 0 Å². The minimum Gasteiger partial charge on any atom is -0.496 e. The predicted octanol–water partition coefficient (Wildman–Crippen LogP) is 3.50. The number of aromatic nitrogens is 1. The van der Waals surface area contributed by atoms with E-state index in [-0.39, 0.29) is 18.2 Å². The summed E-state index contributed by atoms with van der Waals surface area (Å²) in [5.41, 5.74) is 2.33. The van der Waals surface area contributed by atoms with Gasteiger partial charge in [-0.25, -0.2) is 0 Å². The Bertz CT molecular complexity index is 1070. The number of nitrogens with one attached hydrogen (secondary N) is 1. The van der Waals surface area contributed by atoms with Crippen LogP contribution >= 0.6 is 0 Å². The summed E-state index contributed by atoms with van der Waals surface area (Å²) < 4.78 is 7.45. The van der Waals surface area contributed by atoms with Crippen molar-refractivity contribution in [1.29, 1.82) is 0 Å². The van der Waals surface area contributed by atoms with E-state index in [2.05, 4.69) is 20.1 Å². The molecule has 1 atom stereocenters. The van der Waals surface area contributed by atoms with Gasteiger partial charge in [-0.05, 0) is 29.8 Å². The SMILES string of the molecule is COc1cccc2c1ccn2CCNC(=O)CC1N=NC(=O)c2ccccc21. The number of carbonyl (C=O) groups excluding carboxylic acids is 2. The minimum absolute atomic E-state index is 0.123. The molecule has 0 fully saturated rings. The minimum atomic E-state index is -0.425. The Balaban J connectivity index is 1.37. The number of fused-ring (bicyclic) bond motifs is 2. The van der Waals surface area contributed by atoms with Crippen LogP contribution in [0.3, 0.4) is 0 Å². The molecule has 7 heteroatoms. The molecule has 1 aliphatic heterocycles. The molecule has 1 N–H and O–H groups in total. The highest BCUT2D eigenvalue weighted by molar-refractivity contribution is 5.97. The molecule has 28 heavy (non-hydrogen) atoms. The Hall–Kier alpha value is -3.48. The Morgan fingerprint density at radius 3 is 2.89 bits per heavy atom. The number of azo groups is 1. The zero-order chi connectivity index (χ0) is 19.5. The molecule has 0 saturated heterocycles. The van der Waals surface area contributed by atoms with Crippen molar-refractivity contribution in [2.75, 3.05) is 13.7 Å². The van der Waals surface area contributed by atoms with E-state index in [1.54, 1.807) is 19.2 Å². The number of ether oxygens (including phenoxy) is 1. The van der Waals surface area contributed by atoms with E-state index in [0.717, 1.165) is 22.2 Å². The lowest BCUT2D eigenvalue weighted by Gasteiger charge is -2.17. The third kappa shape index (κ3) is 3.38. The van der Waals surface area contributed by atoms with Gasteiger partial charge in [-0.2, -0.15) is 5.11 Å². The van der Waals surface area contributed by atoms with Crippen molar-refractivity contribution in [3.63, 3.8) is 0 Å². The lowest BCUT2D eigenvalue weighted by molar-refractivity contribution is -0.121. The first-order chi connectivity index (χ1) is 13.7.